The molecule has 0 spiro atoms. The summed E-state index contributed by atoms with van der Waals surface area (Å²) in [6.45, 7) is 10.3. The lowest BCUT2D eigenvalue weighted by Gasteiger charge is -2.39. The Labute approximate surface area is 98.9 Å². The van der Waals surface area contributed by atoms with E-state index in [2.05, 4.69) is 33.0 Å². The molecule has 0 aromatic heterocycles. The molecule has 1 aliphatic heterocycles. The topological polar surface area (TPSA) is 38.3 Å². The van der Waals surface area contributed by atoms with Crippen LogP contribution in [0, 0.1) is 11.8 Å². The van der Waals surface area contributed by atoms with E-state index in [1.165, 1.54) is 0 Å². The minimum atomic E-state index is 0.0666. The molecule has 1 amide bonds. The van der Waals surface area contributed by atoms with Crippen molar-refractivity contribution in [1.82, 2.24) is 5.32 Å². The first kappa shape index (κ1) is 13.5. The fraction of sp³-hybridized carbons (Fsp3) is 0.923. The summed E-state index contributed by atoms with van der Waals surface area (Å²) in [5.74, 6) is 1.09. The van der Waals surface area contributed by atoms with Crippen LogP contribution in [0.3, 0.4) is 0 Å². The Morgan fingerprint density at radius 1 is 1.12 bits per heavy atom. The normalized spacial score (nSPS) is 30.8. The fourth-order valence-electron chi connectivity index (χ4n) is 2.26. The zero-order chi connectivity index (χ0) is 12.3. The molecule has 1 N–H and O–H groups in total. The number of rotatable bonds is 3. The van der Waals surface area contributed by atoms with Crippen LogP contribution in [-0.4, -0.2) is 24.2 Å². The van der Waals surface area contributed by atoms with E-state index < -0.39 is 0 Å². The molecule has 94 valence electrons. The lowest BCUT2D eigenvalue weighted by Crippen LogP contribution is -2.47. The molecule has 0 saturated carbocycles. The highest BCUT2D eigenvalue weighted by molar-refractivity contribution is 5.73. The van der Waals surface area contributed by atoms with Gasteiger partial charge < -0.3 is 10.1 Å². The fourth-order valence-corrected chi connectivity index (χ4v) is 2.26. The van der Waals surface area contributed by atoms with E-state index in [-0.39, 0.29) is 24.2 Å². The predicted molar refractivity (Wildman–Crippen MR) is 65.2 cm³/mol. The molecule has 1 unspecified atom stereocenters. The zero-order valence-corrected chi connectivity index (χ0v) is 11.1. The highest BCUT2D eigenvalue weighted by atomic mass is 16.5. The molecule has 0 aromatic rings. The van der Waals surface area contributed by atoms with Gasteiger partial charge in [-0.2, -0.15) is 0 Å². The van der Waals surface area contributed by atoms with Crippen molar-refractivity contribution in [3.8, 4) is 0 Å². The first-order chi connectivity index (χ1) is 7.40. The first-order valence-electron chi connectivity index (χ1n) is 6.32. The Hall–Kier alpha value is -0.570. The van der Waals surface area contributed by atoms with E-state index in [0.717, 1.165) is 12.8 Å². The van der Waals surface area contributed by atoms with E-state index in [1.54, 1.807) is 6.92 Å². The molecule has 3 heteroatoms. The summed E-state index contributed by atoms with van der Waals surface area (Å²) < 4.78 is 6.07. The number of hydrogen-bond acceptors (Lipinski definition) is 2. The maximum absolute atomic E-state index is 11.1. The molecular weight excluding hydrogens is 202 g/mol. The van der Waals surface area contributed by atoms with Crippen LogP contribution in [0.25, 0.3) is 0 Å². The highest BCUT2D eigenvalue weighted by Crippen LogP contribution is 2.28. The smallest absolute Gasteiger partial charge is 0.217 e. The van der Waals surface area contributed by atoms with Crippen molar-refractivity contribution in [2.24, 2.45) is 11.8 Å². The molecule has 3 nitrogen and oxygen atoms in total. The number of carbonyl (C=O) groups excluding carboxylic acids is 1. The van der Waals surface area contributed by atoms with Crippen molar-refractivity contribution in [2.45, 2.75) is 65.7 Å². The Morgan fingerprint density at radius 2 is 1.56 bits per heavy atom. The summed E-state index contributed by atoms with van der Waals surface area (Å²) in [6, 6.07) is 0.283. The summed E-state index contributed by atoms with van der Waals surface area (Å²) in [4.78, 5) is 11.1. The van der Waals surface area contributed by atoms with Crippen LogP contribution in [0.1, 0.15) is 47.5 Å². The average Bonchev–Trinajstić information content (AvgIpc) is 2.15. The molecule has 0 aliphatic carbocycles. The molecule has 3 atom stereocenters. The van der Waals surface area contributed by atoms with Gasteiger partial charge in [0, 0.05) is 13.0 Å². The lowest BCUT2D eigenvalue weighted by molar-refractivity contribution is -0.125. The zero-order valence-electron chi connectivity index (χ0n) is 11.1. The van der Waals surface area contributed by atoms with E-state index in [4.69, 9.17) is 4.74 Å². The summed E-state index contributed by atoms with van der Waals surface area (Å²) in [7, 11) is 0. The van der Waals surface area contributed by atoms with Gasteiger partial charge in [-0.3, -0.25) is 4.79 Å². The van der Waals surface area contributed by atoms with E-state index in [0.29, 0.717) is 11.8 Å². The van der Waals surface area contributed by atoms with Crippen LogP contribution < -0.4 is 5.32 Å². The van der Waals surface area contributed by atoms with Gasteiger partial charge in [0.25, 0.3) is 0 Å². The molecule has 1 heterocycles. The van der Waals surface area contributed by atoms with Gasteiger partial charge in [-0.25, -0.2) is 0 Å². The quantitative estimate of drug-likeness (QED) is 0.803. The maximum Gasteiger partial charge on any atom is 0.217 e. The molecule has 16 heavy (non-hydrogen) atoms. The number of carbonyl (C=O) groups is 1. The lowest BCUT2D eigenvalue weighted by atomic mass is 9.88. The van der Waals surface area contributed by atoms with Gasteiger partial charge in [0.1, 0.15) is 0 Å². The van der Waals surface area contributed by atoms with Gasteiger partial charge in [-0.1, -0.05) is 27.7 Å². The van der Waals surface area contributed by atoms with Crippen molar-refractivity contribution in [1.29, 1.82) is 0 Å². The standard InChI is InChI=1S/C13H25NO2/c1-8(2)12-6-11(14-10(5)15)7-13(16-12)9(3)4/h8-9,11-13H,6-7H2,1-5H3,(H,14,15)/t11?,12-,13+. The second-order valence-electron chi connectivity index (χ2n) is 5.57. The van der Waals surface area contributed by atoms with Gasteiger partial charge in [-0.15, -0.1) is 0 Å². The third kappa shape index (κ3) is 3.78. The van der Waals surface area contributed by atoms with Crippen LogP contribution >= 0.6 is 0 Å². The van der Waals surface area contributed by atoms with Gasteiger partial charge in [0.15, 0.2) is 0 Å². The second kappa shape index (κ2) is 5.67. The van der Waals surface area contributed by atoms with Gasteiger partial charge >= 0.3 is 0 Å². The van der Waals surface area contributed by atoms with Crippen molar-refractivity contribution in [3.05, 3.63) is 0 Å². The van der Waals surface area contributed by atoms with Crippen LogP contribution in [0.5, 0.6) is 0 Å². The number of ether oxygens (including phenoxy) is 1. The van der Waals surface area contributed by atoms with E-state index in [1.807, 2.05) is 0 Å². The largest absolute Gasteiger partial charge is 0.374 e. The molecule has 1 rings (SSSR count). The van der Waals surface area contributed by atoms with Crippen molar-refractivity contribution >= 4 is 5.91 Å². The number of hydrogen-bond donors (Lipinski definition) is 1. The molecular formula is C13H25NO2. The second-order valence-corrected chi connectivity index (χ2v) is 5.57. The van der Waals surface area contributed by atoms with Gasteiger partial charge in [0.05, 0.1) is 12.2 Å². The Morgan fingerprint density at radius 3 is 1.88 bits per heavy atom. The van der Waals surface area contributed by atoms with Gasteiger partial charge in [0.2, 0.25) is 5.91 Å². The SMILES string of the molecule is CC(=O)NC1C[C@@H](C(C)C)O[C@@H](C(C)C)C1. The Balaban J connectivity index is 2.62. The summed E-state index contributed by atoms with van der Waals surface area (Å²) in [5, 5.41) is 3.03. The Kier molecular flexibility index (Phi) is 4.78. The number of amides is 1. The number of nitrogens with one attached hydrogen (secondary N) is 1. The third-order valence-electron chi connectivity index (χ3n) is 3.28. The van der Waals surface area contributed by atoms with Crippen LogP contribution in [0.15, 0.2) is 0 Å². The minimum absolute atomic E-state index is 0.0666. The van der Waals surface area contributed by atoms with Gasteiger partial charge in [-0.05, 0) is 24.7 Å². The van der Waals surface area contributed by atoms with E-state index in [9.17, 15) is 4.79 Å². The Bertz CT molecular complexity index is 222. The predicted octanol–water partition coefficient (Wildman–Crippen LogP) is 2.35. The highest BCUT2D eigenvalue weighted by Gasteiger charge is 2.32. The van der Waals surface area contributed by atoms with Crippen LogP contribution in [0.2, 0.25) is 0 Å². The molecule has 1 fully saturated rings. The molecule has 0 radical (unpaired) electrons. The first-order valence-corrected chi connectivity index (χ1v) is 6.32. The molecule has 0 bridgehead atoms. The van der Waals surface area contributed by atoms with Crippen LogP contribution in [-0.2, 0) is 9.53 Å². The third-order valence-corrected chi connectivity index (χ3v) is 3.28. The van der Waals surface area contributed by atoms with Crippen molar-refractivity contribution in [2.75, 3.05) is 0 Å². The van der Waals surface area contributed by atoms with Crippen LogP contribution in [0.4, 0.5) is 0 Å². The molecule has 0 aromatic carbocycles. The summed E-state index contributed by atoms with van der Waals surface area (Å²) in [5.41, 5.74) is 0. The van der Waals surface area contributed by atoms with Crippen molar-refractivity contribution < 1.29 is 9.53 Å². The average molecular weight is 227 g/mol. The van der Waals surface area contributed by atoms with E-state index >= 15 is 0 Å². The maximum atomic E-state index is 11.1. The summed E-state index contributed by atoms with van der Waals surface area (Å²) >= 11 is 0. The molecule has 1 saturated heterocycles. The monoisotopic (exact) mass is 227 g/mol. The summed E-state index contributed by atoms with van der Waals surface area (Å²) in [6.07, 6.45) is 2.44. The minimum Gasteiger partial charge on any atom is -0.374 e. The molecule has 1 aliphatic rings. The van der Waals surface area contributed by atoms with Crippen molar-refractivity contribution in [3.63, 3.8) is 0 Å².